The van der Waals surface area contributed by atoms with Crippen molar-refractivity contribution < 1.29 is 9.59 Å². The summed E-state index contributed by atoms with van der Waals surface area (Å²) in [6.45, 7) is 2.63. The van der Waals surface area contributed by atoms with Crippen LogP contribution < -0.4 is 5.32 Å². The van der Waals surface area contributed by atoms with E-state index in [4.69, 9.17) is 0 Å². The van der Waals surface area contributed by atoms with Gasteiger partial charge in [-0.1, -0.05) is 12.1 Å². The lowest BCUT2D eigenvalue weighted by atomic mass is 9.96. The molecule has 4 nitrogen and oxygen atoms in total. The molecule has 3 rings (SSSR count). The molecule has 5 heteroatoms. The smallest absolute Gasteiger partial charge is 0.261 e. The molecule has 2 aliphatic heterocycles. The molecule has 1 atom stereocenters. The number of hydrogen-bond donors (Lipinski definition) is 1. The van der Waals surface area contributed by atoms with Crippen molar-refractivity contribution in [2.75, 3.05) is 19.6 Å². The highest BCUT2D eigenvalue weighted by molar-refractivity contribution is 6.21. The highest BCUT2D eigenvalue weighted by atomic mass is 35.5. The minimum Gasteiger partial charge on any atom is -0.316 e. The maximum absolute atomic E-state index is 12.2. The molecular weight excluding hydrogens is 276 g/mol. The lowest BCUT2D eigenvalue weighted by Crippen LogP contribution is -2.35. The number of halogens is 1. The van der Waals surface area contributed by atoms with Crippen LogP contribution >= 0.6 is 12.4 Å². The van der Waals surface area contributed by atoms with Crippen molar-refractivity contribution in [1.82, 2.24) is 10.2 Å². The largest absolute Gasteiger partial charge is 0.316 e. The molecule has 1 fully saturated rings. The summed E-state index contributed by atoms with van der Waals surface area (Å²) in [7, 11) is 0. The third-order valence-corrected chi connectivity index (χ3v) is 4.04. The van der Waals surface area contributed by atoms with Crippen LogP contribution in [0.3, 0.4) is 0 Å². The molecule has 0 radical (unpaired) electrons. The van der Waals surface area contributed by atoms with Gasteiger partial charge in [0.25, 0.3) is 11.8 Å². The summed E-state index contributed by atoms with van der Waals surface area (Å²) in [6, 6.07) is 7.08. The maximum atomic E-state index is 12.2. The Kier molecular flexibility index (Phi) is 4.78. The van der Waals surface area contributed by atoms with E-state index in [0.717, 1.165) is 19.5 Å². The highest BCUT2D eigenvalue weighted by Gasteiger charge is 2.35. The first kappa shape index (κ1) is 15.0. The Bertz CT molecular complexity index is 477. The number of rotatable bonds is 3. The van der Waals surface area contributed by atoms with Crippen LogP contribution in [0.5, 0.6) is 0 Å². The van der Waals surface area contributed by atoms with Gasteiger partial charge in [-0.3, -0.25) is 14.5 Å². The van der Waals surface area contributed by atoms with E-state index < -0.39 is 0 Å². The minimum absolute atomic E-state index is 0. The molecule has 1 N–H and O–H groups in total. The number of amides is 2. The Hall–Kier alpha value is -1.39. The van der Waals surface area contributed by atoms with E-state index in [1.807, 2.05) is 0 Å². The van der Waals surface area contributed by atoms with Gasteiger partial charge in [0.1, 0.15) is 0 Å². The van der Waals surface area contributed by atoms with E-state index in [-0.39, 0.29) is 24.2 Å². The van der Waals surface area contributed by atoms with Crippen LogP contribution in [-0.4, -0.2) is 36.3 Å². The molecule has 0 aliphatic carbocycles. The Morgan fingerprint density at radius 2 is 1.80 bits per heavy atom. The van der Waals surface area contributed by atoms with Crippen LogP contribution in [0.1, 0.15) is 40.0 Å². The van der Waals surface area contributed by atoms with Crippen molar-refractivity contribution in [3.05, 3.63) is 35.4 Å². The van der Waals surface area contributed by atoms with Gasteiger partial charge in [-0.25, -0.2) is 0 Å². The standard InChI is InChI=1S/C15H18N2O2.ClH/c18-14-12-5-1-2-6-13(12)15(19)17(14)9-7-11-4-3-8-16-10-11;/h1-2,5-6,11,16H,3-4,7-10H2;1H. The van der Waals surface area contributed by atoms with Crippen LogP contribution in [0.2, 0.25) is 0 Å². The van der Waals surface area contributed by atoms with Gasteiger partial charge < -0.3 is 5.32 Å². The Morgan fingerprint density at radius 3 is 2.35 bits per heavy atom. The second kappa shape index (κ2) is 6.37. The summed E-state index contributed by atoms with van der Waals surface area (Å²) in [5, 5.41) is 3.36. The number of hydrogen-bond acceptors (Lipinski definition) is 3. The van der Waals surface area contributed by atoms with E-state index >= 15 is 0 Å². The molecule has 2 amide bonds. The highest BCUT2D eigenvalue weighted by Crippen LogP contribution is 2.24. The Morgan fingerprint density at radius 1 is 1.15 bits per heavy atom. The van der Waals surface area contributed by atoms with Crippen LogP contribution in [0.4, 0.5) is 0 Å². The first-order chi connectivity index (χ1) is 9.27. The number of nitrogens with zero attached hydrogens (tertiary/aromatic N) is 1. The third kappa shape index (κ3) is 2.72. The van der Waals surface area contributed by atoms with E-state index in [0.29, 0.717) is 23.6 Å². The van der Waals surface area contributed by atoms with E-state index in [2.05, 4.69) is 5.32 Å². The number of nitrogens with one attached hydrogen (secondary N) is 1. The lowest BCUT2D eigenvalue weighted by Gasteiger charge is -2.24. The average Bonchev–Trinajstić information content (AvgIpc) is 2.71. The molecule has 0 aromatic heterocycles. The molecule has 1 aromatic carbocycles. The predicted octanol–water partition coefficient (Wildman–Crippen LogP) is 2.09. The fourth-order valence-corrected chi connectivity index (χ4v) is 2.92. The molecule has 20 heavy (non-hydrogen) atoms. The second-order valence-electron chi connectivity index (χ2n) is 5.31. The molecule has 108 valence electrons. The van der Waals surface area contributed by atoms with Gasteiger partial charge in [-0.15, -0.1) is 12.4 Å². The molecule has 0 spiro atoms. The quantitative estimate of drug-likeness (QED) is 0.869. The fraction of sp³-hybridized carbons (Fsp3) is 0.467. The minimum atomic E-state index is -0.135. The van der Waals surface area contributed by atoms with E-state index in [9.17, 15) is 9.59 Å². The van der Waals surface area contributed by atoms with Gasteiger partial charge in [0.15, 0.2) is 0 Å². The molecule has 1 aromatic rings. The summed E-state index contributed by atoms with van der Waals surface area (Å²) < 4.78 is 0. The van der Waals surface area contributed by atoms with Crippen LogP contribution in [0.25, 0.3) is 0 Å². The van der Waals surface area contributed by atoms with Crippen molar-refractivity contribution in [1.29, 1.82) is 0 Å². The first-order valence-electron chi connectivity index (χ1n) is 6.93. The van der Waals surface area contributed by atoms with Gasteiger partial charge in [0.2, 0.25) is 0 Å². The monoisotopic (exact) mass is 294 g/mol. The van der Waals surface area contributed by atoms with Crippen LogP contribution in [0.15, 0.2) is 24.3 Å². The van der Waals surface area contributed by atoms with Crippen molar-refractivity contribution >= 4 is 24.2 Å². The fourth-order valence-electron chi connectivity index (χ4n) is 2.92. The van der Waals surface area contributed by atoms with Gasteiger partial charge in [0.05, 0.1) is 11.1 Å². The van der Waals surface area contributed by atoms with Gasteiger partial charge in [-0.05, 0) is 50.4 Å². The van der Waals surface area contributed by atoms with Crippen molar-refractivity contribution in [3.8, 4) is 0 Å². The van der Waals surface area contributed by atoms with E-state index in [1.165, 1.54) is 17.7 Å². The SMILES string of the molecule is Cl.O=C1c2ccccc2C(=O)N1CCC1CCCNC1. The summed E-state index contributed by atoms with van der Waals surface area (Å²) in [5.41, 5.74) is 1.10. The van der Waals surface area contributed by atoms with Crippen molar-refractivity contribution in [2.45, 2.75) is 19.3 Å². The average molecular weight is 295 g/mol. The first-order valence-corrected chi connectivity index (χ1v) is 6.93. The maximum Gasteiger partial charge on any atom is 0.261 e. The zero-order valence-corrected chi connectivity index (χ0v) is 12.1. The second-order valence-corrected chi connectivity index (χ2v) is 5.31. The van der Waals surface area contributed by atoms with Crippen LogP contribution in [-0.2, 0) is 0 Å². The normalized spacial score (nSPS) is 21.6. The molecule has 2 heterocycles. The number of benzene rings is 1. The number of fused-ring (bicyclic) bond motifs is 1. The molecular formula is C15H19ClN2O2. The Balaban J connectivity index is 0.00000147. The third-order valence-electron chi connectivity index (χ3n) is 4.04. The Labute approximate surface area is 124 Å². The number of carbonyl (C=O) groups is 2. The molecule has 2 aliphatic rings. The summed E-state index contributed by atoms with van der Waals surface area (Å²) in [4.78, 5) is 25.7. The molecule has 1 saturated heterocycles. The van der Waals surface area contributed by atoms with Gasteiger partial charge in [0, 0.05) is 6.54 Å². The van der Waals surface area contributed by atoms with Crippen molar-refractivity contribution in [3.63, 3.8) is 0 Å². The zero-order valence-electron chi connectivity index (χ0n) is 11.3. The molecule has 1 unspecified atom stereocenters. The van der Waals surface area contributed by atoms with Gasteiger partial charge >= 0.3 is 0 Å². The van der Waals surface area contributed by atoms with Crippen molar-refractivity contribution in [2.24, 2.45) is 5.92 Å². The summed E-state index contributed by atoms with van der Waals surface area (Å²) >= 11 is 0. The lowest BCUT2D eigenvalue weighted by molar-refractivity contribution is 0.0643. The number of carbonyl (C=O) groups excluding carboxylic acids is 2. The topological polar surface area (TPSA) is 49.4 Å². The number of piperidine rings is 1. The number of imide groups is 1. The molecule has 0 saturated carbocycles. The summed E-state index contributed by atoms with van der Waals surface area (Å²) in [6.07, 6.45) is 3.28. The molecule has 0 bridgehead atoms. The van der Waals surface area contributed by atoms with Crippen LogP contribution in [0, 0.1) is 5.92 Å². The van der Waals surface area contributed by atoms with Gasteiger partial charge in [-0.2, -0.15) is 0 Å². The zero-order chi connectivity index (χ0) is 13.2. The van der Waals surface area contributed by atoms with E-state index in [1.54, 1.807) is 24.3 Å². The predicted molar refractivity (Wildman–Crippen MR) is 79.3 cm³/mol. The summed E-state index contributed by atoms with van der Waals surface area (Å²) in [5.74, 6) is 0.312.